The van der Waals surface area contributed by atoms with Gasteiger partial charge < -0.3 is 20.4 Å². The molecule has 0 bridgehead atoms. The number of nitrogens with one attached hydrogen (secondary N) is 1. The predicted octanol–water partition coefficient (Wildman–Crippen LogP) is 0.613. The molecule has 0 saturated carbocycles. The molecule has 0 radical (unpaired) electrons. The van der Waals surface area contributed by atoms with Gasteiger partial charge in [0.05, 0.1) is 6.54 Å². The largest absolute Gasteiger partial charge is 0.448 e. The van der Waals surface area contributed by atoms with Gasteiger partial charge in [-0.25, -0.2) is 4.79 Å². The standard InChI is InChI=1S/C9H12BrN3O3/c1-13-5-6(10)4-7(13)8(14)12-2-3-16-9(11)15/h4-5H,2-3H2,1H3,(H2,11,15)(H,12,14). The minimum absolute atomic E-state index is 0.0622. The molecule has 1 aromatic heterocycles. The van der Waals surface area contributed by atoms with Crippen molar-refractivity contribution in [3.63, 3.8) is 0 Å². The van der Waals surface area contributed by atoms with Crippen molar-refractivity contribution in [2.45, 2.75) is 0 Å². The summed E-state index contributed by atoms with van der Waals surface area (Å²) in [5.74, 6) is -0.235. The van der Waals surface area contributed by atoms with Gasteiger partial charge in [0.1, 0.15) is 12.3 Å². The fourth-order valence-electron chi connectivity index (χ4n) is 1.16. The fourth-order valence-corrected chi connectivity index (χ4v) is 1.68. The average Bonchev–Trinajstić information content (AvgIpc) is 2.52. The molecule has 88 valence electrons. The van der Waals surface area contributed by atoms with Gasteiger partial charge in [-0.15, -0.1) is 0 Å². The number of carbonyl (C=O) groups is 2. The van der Waals surface area contributed by atoms with Crippen LogP contribution in [-0.4, -0.2) is 29.7 Å². The molecule has 1 heterocycles. The van der Waals surface area contributed by atoms with Gasteiger partial charge in [0, 0.05) is 17.7 Å². The Hall–Kier alpha value is -1.50. The van der Waals surface area contributed by atoms with Gasteiger partial charge in [-0.2, -0.15) is 0 Å². The molecule has 0 unspecified atom stereocenters. The Morgan fingerprint density at radius 3 is 2.81 bits per heavy atom. The zero-order valence-corrected chi connectivity index (χ0v) is 10.3. The Labute approximate surface area is 101 Å². The summed E-state index contributed by atoms with van der Waals surface area (Å²) in [6.45, 7) is 0.289. The van der Waals surface area contributed by atoms with Crippen molar-refractivity contribution in [3.05, 3.63) is 22.4 Å². The topological polar surface area (TPSA) is 86.3 Å². The van der Waals surface area contributed by atoms with Crippen LogP contribution in [0, 0.1) is 0 Å². The molecule has 1 rings (SSSR count). The number of nitrogens with zero attached hydrogens (tertiary/aromatic N) is 1. The molecule has 0 aliphatic carbocycles. The maximum Gasteiger partial charge on any atom is 0.404 e. The highest BCUT2D eigenvalue weighted by molar-refractivity contribution is 9.10. The van der Waals surface area contributed by atoms with E-state index >= 15 is 0 Å². The Bertz CT molecular complexity index is 403. The Balaban J connectivity index is 2.41. The lowest BCUT2D eigenvalue weighted by Crippen LogP contribution is -2.30. The summed E-state index contributed by atoms with van der Waals surface area (Å²) in [5, 5.41) is 2.60. The van der Waals surface area contributed by atoms with E-state index in [4.69, 9.17) is 5.73 Å². The Morgan fingerprint density at radius 1 is 1.62 bits per heavy atom. The van der Waals surface area contributed by atoms with Crippen molar-refractivity contribution in [1.82, 2.24) is 9.88 Å². The van der Waals surface area contributed by atoms with Crippen LogP contribution < -0.4 is 11.1 Å². The van der Waals surface area contributed by atoms with Crippen LogP contribution in [0.4, 0.5) is 4.79 Å². The molecular weight excluding hydrogens is 278 g/mol. The maximum absolute atomic E-state index is 11.6. The third-order valence-electron chi connectivity index (χ3n) is 1.84. The molecule has 6 nitrogen and oxygen atoms in total. The molecule has 0 aliphatic heterocycles. The van der Waals surface area contributed by atoms with Crippen LogP contribution in [0.5, 0.6) is 0 Å². The van der Waals surface area contributed by atoms with Gasteiger partial charge in [-0.05, 0) is 22.0 Å². The number of aryl methyl sites for hydroxylation is 1. The molecule has 16 heavy (non-hydrogen) atoms. The monoisotopic (exact) mass is 289 g/mol. The lowest BCUT2D eigenvalue weighted by atomic mass is 10.4. The van der Waals surface area contributed by atoms with Gasteiger partial charge in [-0.3, -0.25) is 4.79 Å². The number of primary amides is 1. The summed E-state index contributed by atoms with van der Waals surface area (Å²) >= 11 is 3.27. The number of halogens is 1. The lowest BCUT2D eigenvalue weighted by molar-refractivity contribution is 0.0929. The third-order valence-corrected chi connectivity index (χ3v) is 2.27. The zero-order valence-electron chi connectivity index (χ0n) is 8.70. The van der Waals surface area contributed by atoms with Crippen LogP contribution in [0.25, 0.3) is 0 Å². The summed E-state index contributed by atoms with van der Waals surface area (Å²) in [6.07, 6.45) is 0.922. The van der Waals surface area contributed by atoms with E-state index in [1.165, 1.54) is 0 Å². The van der Waals surface area contributed by atoms with Gasteiger partial charge >= 0.3 is 6.09 Å². The molecular formula is C9H12BrN3O3. The van der Waals surface area contributed by atoms with Crippen molar-refractivity contribution in [2.75, 3.05) is 13.2 Å². The molecule has 7 heteroatoms. The first-order valence-corrected chi connectivity index (χ1v) is 5.32. The second-order valence-corrected chi connectivity index (χ2v) is 3.99. The quantitative estimate of drug-likeness (QED) is 0.797. The van der Waals surface area contributed by atoms with Crippen molar-refractivity contribution in [3.8, 4) is 0 Å². The van der Waals surface area contributed by atoms with E-state index in [2.05, 4.69) is 26.0 Å². The number of rotatable bonds is 4. The number of hydrogen-bond donors (Lipinski definition) is 2. The van der Waals surface area contributed by atoms with Gasteiger partial charge in [0.2, 0.25) is 0 Å². The van der Waals surface area contributed by atoms with Gasteiger partial charge in [0.25, 0.3) is 5.91 Å². The normalized spacial score (nSPS) is 9.88. The van der Waals surface area contributed by atoms with E-state index in [9.17, 15) is 9.59 Å². The number of hydrogen-bond acceptors (Lipinski definition) is 3. The number of ether oxygens (including phenoxy) is 1. The highest BCUT2D eigenvalue weighted by Gasteiger charge is 2.10. The van der Waals surface area contributed by atoms with Crippen LogP contribution in [0.1, 0.15) is 10.5 Å². The molecule has 0 aliphatic rings. The van der Waals surface area contributed by atoms with Crippen molar-refractivity contribution in [1.29, 1.82) is 0 Å². The van der Waals surface area contributed by atoms with Crippen LogP contribution >= 0.6 is 15.9 Å². The predicted molar refractivity (Wildman–Crippen MR) is 61.0 cm³/mol. The van der Waals surface area contributed by atoms with Crippen LogP contribution in [-0.2, 0) is 11.8 Å². The van der Waals surface area contributed by atoms with E-state index in [1.54, 1.807) is 23.9 Å². The Kier molecular flexibility index (Phi) is 4.36. The molecule has 2 amide bonds. The number of amides is 2. The molecule has 0 aromatic carbocycles. The Morgan fingerprint density at radius 2 is 2.31 bits per heavy atom. The smallest absolute Gasteiger partial charge is 0.404 e. The molecule has 0 atom stereocenters. The summed E-state index contributed by atoms with van der Waals surface area (Å²) in [6, 6.07) is 1.70. The molecule has 1 aromatic rings. The highest BCUT2D eigenvalue weighted by atomic mass is 79.9. The number of nitrogens with two attached hydrogens (primary N) is 1. The van der Waals surface area contributed by atoms with Crippen LogP contribution in [0.3, 0.4) is 0 Å². The van der Waals surface area contributed by atoms with E-state index < -0.39 is 6.09 Å². The van der Waals surface area contributed by atoms with Crippen LogP contribution in [0.2, 0.25) is 0 Å². The van der Waals surface area contributed by atoms with E-state index in [1.807, 2.05) is 0 Å². The minimum atomic E-state index is -0.851. The summed E-state index contributed by atoms with van der Waals surface area (Å²) < 4.78 is 6.99. The molecule has 3 N–H and O–H groups in total. The highest BCUT2D eigenvalue weighted by Crippen LogP contribution is 2.13. The minimum Gasteiger partial charge on any atom is -0.448 e. The van der Waals surface area contributed by atoms with Crippen molar-refractivity contribution < 1.29 is 14.3 Å². The number of carbonyl (C=O) groups excluding carboxylic acids is 2. The first kappa shape index (κ1) is 12.6. The number of aromatic nitrogens is 1. The second-order valence-electron chi connectivity index (χ2n) is 3.08. The first-order chi connectivity index (χ1) is 7.50. The van der Waals surface area contributed by atoms with E-state index in [0.717, 1.165) is 4.47 Å². The molecule has 0 fully saturated rings. The SMILES string of the molecule is Cn1cc(Br)cc1C(=O)NCCOC(N)=O. The lowest BCUT2D eigenvalue weighted by Gasteiger charge is -2.05. The fraction of sp³-hybridized carbons (Fsp3) is 0.333. The van der Waals surface area contributed by atoms with Gasteiger partial charge in [0.15, 0.2) is 0 Å². The summed E-state index contributed by atoms with van der Waals surface area (Å²) in [4.78, 5) is 21.8. The van der Waals surface area contributed by atoms with Crippen molar-refractivity contribution >= 4 is 27.9 Å². The van der Waals surface area contributed by atoms with Crippen LogP contribution in [0.15, 0.2) is 16.7 Å². The summed E-state index contributed by atoms with van der Waals surface area (Å²) in [7, 11) is 1.76. The zero-order chi connectivity index (χ0) is 12.1. The summed E-state index contributed by atoms with van der Waals surface area (Å²) in [5.41, 5.74) is 5.28. The van der Waals surface area contributed by atoms with E-state index in [-0.39, 0.29) is 19.1 Å². The second kappa shape index (κ2) is 5.55. The first-order valence-electron chi connectivity index (χ1n) is 4.53. The van der Waals surface area contributed by atoms with E-state index in [0.29, 0.717) is 5.69 Å². The average molecular weight is 290 g/mol. The third kappa shape index (κ3) is 3.58. The molecule has 0 saturated heterocycles. The van der Waals surface area contributed by atoms with Crippen molar-refractivity contribution in [2.24, 2.45) is 12.8 Å². The van der Waals surface area contributed by atoms with Gasteiger partial charge in [-0.1, -0.05) is 0 Å². The maximum atomic E-state index is 11.6. The molecule has 0 spiro atoms.